The van der Waals surface area contributed by atoms with Crippen molar-refractivity contribution in [2.24, 2.45) is 0 Å². The van der Waals surface area contributed by atoms with Crippen molar-refractivity contribution in [3.05, 3.63) is 16.1 Å². The fourth-order valence-electron chi connectivity index (χ4n) is 2.35. The van der Waals surface area contributed by atoms with Gasteiger partial charge in [-0.3, -0.25) is 0 Å². The average Bonchev–Trinajstić information content (AvgIpc) is 2.91. The first-order valence-corrected chi connectivity index (χ1v) is 7.99. The first-order chi connectivity index (χ1) is 10.2. The van der Waals surface area contributed by atoms with E-state index in [1.807, 2.05) is 12.4 Å². The number of nitrogens with one attached hydrogen (secondary N) is 1. The number of anilines is 3. The van der Waals surface area contributed by atoms with Crippen LogP contribution in [0.3, 0.4) is 0 Å². The van der Waals surface area contributed by atoms with Crippen LogP contribution >= 0.6 is 11.3 Å². The Morgan fingerprint density at radius 3 is 2.76 bits per heavy atom. The SMILES string of the molecule is Cc1ncsc1CNc1nc(N)nc(N2CCCCC2)n1. The van der Waals surface area contributed by atoms with E-state index in [-0.39, 0.29) is 5.95 Å². The van der Waals surface area contributed by atoms with Crippen molar-refractivity contribution in [1.82, 2.24) is 19.9 Å². The monoisotopic (exact) mass is 305 g/mol. The molecular weight excluding hydrogens is 286 g/mol. The zero-order chi connectivity index (χ0) is 14.7. The van der Waals surface area contributed by atoms with Crippen LogP contribution in [0, 0.1) is 6.92 Å². The van der Waals surface area contributed by atoms with Crippen LogP contribution in [-0.4, -0.2) is 33.0 Å². The second-order valence-corrected chi connectivity index (χ2v) is 6.02. The number of piperidine rings is 1. The highest BCUT2D eigenvalue weighted by molar-refractivity contribution is 7.09. The van der Waals surface area contributed by atoms with Crippen molar-refractivity contribution in [3.8, 4) is 0 Å². The van der Waals surface area contributed by atoms with Crippen molar-refractivity contribution in [2.75, 3.05) is 29.0 Å². The fraction of sp³-hybridized carbons (Fsp3) is 0.538. The molecule has 2 aromatic heterocycles. The van der Waals surface area contributed by atoms with Crippen LogP contribution in [0.2, 0.25) is 0 Å². The lowest BCUT2D eigenvalue weighted by atomic mass is 10.1. The van der Waals surface area contributed by atoms with Gasteiger partial charge in [-0.05, 0) is 26.2 Å². The summed E-state index contributed by atoms with van der Waals surface area (Å²) in [5.74, 6) is 1.45. The summed E-state index contributed by atoms with van der Waals surface area (Å²) in [7, 11) is 0. The molecule has 3 heterocycles. The number of rotatable bonds is 4. The van der Waals surface area contributed by atoms with Crippen LogP contribution in [-0.2, 0) is 6.54 Å². The first-order valence-electron chi connectivity index (χ1n) is 7.12. The van der Waals surface area contributed by atoms with E-state index in [9.17, 15) is 0 Å². The van der Waals surface area contributed by atoms with Crippen LogP contribution in [0.5, 0.6) is 0 Å². The number of nitrogen functional groups attached to an aromatic ring is 1. The maximum Gasteiger partial charge on any atom is 0.231 e. The third kappa shape index (κ3) is 3.38. The van der Waals surface area contributed by atoms with Crippen LogP contribution in [0.1, 0.15) is 29.8 Å². The van der Waals surface area contributed by atoms with Gasteiger partial charge in [0.25, 0.3) is 0 Å². The van der Waals surface area contributed by atoms with Gasteiger partial charge in [0.05, 0.1) is 17.7 Å². The predicted octanol–water partition coefficient (Wildman–Crippen LogP) is 1.82. The molecule has 0 aromatic carbocycles. The van der Waals surface area contributed by atoms with E-state index in [2.05, 4.69) is 30.2 Å². The van der Waals surface area contributed by atoms with Crippen molar-refractivity contribution < 1.29 is 0 Å². The smallest absolute Gasteiger partial charge is 0.231 e. The Morgan fingerprint density at radius 2 is 2.05 bits per heavy atom. The molecule has 1 aliphatic rings. The molecule has 0 saturated carbocycles. The van der Waals surface area contributed by atoms with E-state index in [0.717, 1.165) is 18.8 Å². The molecule has 7 nitrogen and oxygen atoms in total. The highest BCUT2D eigenvalue weighted by Gasteiger charge is 2.15. The van der Waals surface area contributed by atoms with Crippen molar-refractivity contribution in [1.29, 1.82) is 0 Å². The Hall–Kier alpha value is -1.96. The Labute approximate surface area is 127 Å². The Kier molecular flexibility index (Phi) is 4.14. The second-order valence-electron chi connectivity index (χ2n) is 5.08. The summed E-state index contributed by atoms with van der Waals surface area (Å²) in [6, 6.07) is 0. The highest BCUT2D eigenvalue weighted by atomic mass is 32.1. The zero-order valence-corrected chi connectivity index (χ0v) is 12.9. The molecule has 0 unspecified atom stereocenters. The van der Waals surface area contributed by atoms with E-state index in [1.54, 1.807) is 11.3 Å². The molecule has 1 saturated heterocycles. The molecule has 0 spiro atoms. The number of hydrogen-bond donors (Lipinski definition) is 2. The molecule has 8 heteroatoms. The second kappa shape index (κ2) is 6.21. The van der Waals surface area contributed by atoms with Gasteiger partial charge >= 0.3 is 0 Å². The Morgan fingerprint density at radius 1 is 1.24 bits per heavy atom. The molecule has 0 atom stereocenters. The predicted molar refractivity (Wildman–Crippen MR) is 84.5 cm³/mol. The molecule has 1 aliphatic heterocycles. The molecule has 0 amide bonds. The molecule has 0 aliphatic carbocycles. The van der Waals surface area contributed by atoms with Crippen molar-refractivity contribution >= 4 is 29.2 Å². The fourth-order valence-corrected chi connectivity index (χ4v) is 3.07. The summed E-state index contributed by atoms with van der Waals surface area (Å²) in [5.41, 5.74) is 8.68. The van der Waals surface area contributed by atoms with Crippen LogP contribution in [0.25, 0.3) is 0 Å². The number of hydrogen-bond acceptors (Lipinski definition) is 8. The molecule has 3 N–H and O–H groups in total. The molecular formula is C13H19N7S. The Balaban J connectivity index is 1.73. The number of aromatic nitrogens is 4. The minimum atomic E-state index is 0.258. The molecule has 3 rings (SSSR count). The van der Waals surface area contributed by atoms with Gasteiger partial charge in [-0.1, -0.05) is 0 Å². The standard InChI is InChI=1S/C13H19N7S/c1-9-10(21-8-16-9)7-15-12-17-11(14)18-13(19-12)20-5-3-2-4-6-20/h8H,2-7H2,1H3,(H3,14,15,17,18,19). The Bertz CT molecular complexity index is 606. The average molecular weight is 305 g/mol. The minimum Gasteiger partial charge on any atom is -0.368 e. The van der Waals surface area contributed by atoms with Gasteiger partial charge in [-0.2, -0.15) is 15.0 Å². The third-order valence-corrected chi connectivity index (χ3v) is 4.47. The number of nitrogens with zero attached hydrogens (tertiary/aromatic N) is 5. The van der Waals surface area contributed by atoms with E-state index in [0.29, 0.717) is 18.4 Å². The van der Waals surface area contributed by atoms with Crippen molar-refractivity contribution in [3.63, 3.8) is 0 Å². The lowest BCUT2D eigenvalue weighted by molar-refractivity contribution is 0.568. The summed E-state index contributed by atoms with van der Waals surface area (Å²) in [6.07, 6.45) is 3.62. The topological polar surface area (TPSA) is 92.8 Å². The molecule has 2 aromatic rings. The van der Waals surface area contributed by atoms with E-state index in [4.69, 9.17) is 5.73 Å². The normalized spacial score (nSPS) is 15.2. The van der Waals surface area contributed by atoms with E-state index in [1.165, 1.54) is 24.1 Å². The molecule has 112 valence electrons. The van der Waals surface area contributed by atoms with Crippen LogP contribution < -0.4 is 16.0 Å². The zero-order valence-electron chi connectivity index (χ0n) is 12.0. The lowest BCUT2D eigenvalue weighted by Crippen LogP contribution is -2.31. The summed E-state index contributed by atoms with van der Waals surface area (Å²) in [6.45, 7) is 4.61. The van der Waals surface area contributed by atoms with Crippen LogP contribution in [0.4, 0.5) is 17.8 Å². The van der Waals surface area contributed by atoms with Gasteiger partial charge in [-0.25, -0.2) is 4.98 Å². The van der Waals surface area contributed by atoms with E-state index >= 15 is 0 Å². The summed E-state index contributed by atoms with van der Waals surface area (Å²) in [4.78, 5) is 20.5. The van der Waals surface area contributed by atoms with Gasteiger partial charge in [0.15, 0.2) is 0 Å². The number of thiazole rings is 1. The van der Waals surface area contributed by atoms with Gasteiger partial charge < -0.3 is 16.0 Å². The maximum atomic E-state index is 5.81. The molecule has 1 fully saturated rings. The van der Waals surface area contributed by atoms with Gasteiger partial charge in [0.1, 0.15) is 0 Å². The summed E-state index contributed by atoms with van der Waals surface area (Å²) < 4.78 is 0. The van der Waals surface area contributed by atoms with Crippen molar-refractivity contribution in [2.45, 2.75) is 32.7 Å². The maximum absolute atomic E-state index is 5.81. The van der Waals surface area contributed by atoms with Gasteiger partial charge in [0.2, 0.25) is 17.8 Å². The highest BCUT2D eigenvalue weighted by Crippen LogP contribution is 2.18. The number of nitrogens with two attached hydrogens (primary N) is 1. The molecule has 21 heavy (non-hydrogen) atoms. The minimum absolute atomic E-state index is 0.258. The summed E-state index contributed by atoms with van der Waals surface area (Å²) in [5, 5.41) is 3.21. The van der Waals surface area contributed by atoms with Crippen LogP contribution in [0.15, 0.2) is 5.51 Å². The largest absolute Gasteiger partial charge is 0.368 e. The molecule has 0 radical (unpaired) electrons. The quantitative estimate of drug-likeness (QED) is 0.890. The lowest BCUT2D eigenvalue weighted by Gasteiger charge is -2.26. The summed E-state index contributed by atoms with van der Waals surface area (Å²) >= 11 is 1.62. The van der Waals surface area contributed by atoms with Gasteiger partial charge in [0, 0.05) is 18.0 Å². The third-order valence-electron chi connectivity index (χ3n) is 3.53. The number of aryl methyl sites for hydroxylation is 1. The van der Waals surface area contributed by atoms with Gasteiger partial charge in [-0.15, -0.1) is 11.3 Å². The molecule has 0 bridgehead atoms. The van der Waals surface area contributed by atoms with E-state index < -0.39 is 0 Å². The first kappa shape index (κ1) is 14.0.